The van der Waals surface area contributed by atoms with Crippen molar-refractivity contribution in [2.75, 3.05) is 31.4 Å². The number of carbonyl (C=O) groups excluding carboxylic acids is 1. The fourth-order valence-electron chi connectivity index (χ4n) is 3.62. The number of carbonyl (C=O) groups is 1. The molecule has 1 aromatic heterocycles. The van der Waals surface area contributed by atoms with Gasteiger partial charge in [-0.25, -0.2) is 19.4 Å². The Morgan fingerprint density at radius 2 is 2.17 bits per heavy atom. The topological polar surface area (TPSA) is 112 Å². The molecule has 2 aromatic rings. The third kappa shape index (κ3) is 3.32. The highest BCUT2D eigenvalue weighted by Gasteiger charge is 2.57. The van der Waals surface area contributed by atoms with Crippen molar-refractivity contribution >= 4 is 28.5 Å². The van der Waals surface area contributed by atoms with E-state index in [1.54, 1.807) is 6.07 Å². The van der Waals surface area contributed by atoms with Gasteiger partial charge in [0, 0.05) is 22.4 Å². The van der Waals surface area contributed by atoms with Crippen molar-refractivity contribution in [3.05, 3.63) is 47.7 Å². The highest BCUT2D eigenvalue weighted by molar-refractivity contribution is 8.13. The van der Waals surface area contributed by atoms with E-state index < -0.39 is 22.7 Å². The lowest BCUT2D eigenvalue weighted by Crippen LogP contribution is -2.48. The van der Waals surface area contributed by atoms with Crippen LogP contribution in [0.4, 0.5) is 10.1 Å². The van der Waals surface area contributed by atoms with Gasteiger partial charge in [-0.05, 0) is 18.2 Å². The first-order valence-corrected chi connectivity index (χ1v) is 9.89. The molecule has 1 saturated heterocycles. The first-order chi connectivity index (χ1) is 13.9. The predicted molar refractivity (Wildman–Crippen MR) is 108 cm³/mol. The summed E-state index contributed by atoms with van der Waals surface area (Å²) in [6.07, 6.45) is 2.66. The van der Waals surface area contributed by atoms with Crippen molar-refractivity contribution in [1.29, 1.82) is 0 Å². The predicted octanol–water partition coefficient (Wildman–Crippen LogP) is 2.17. The van der Waals surface area contributed by atoms with E-state index in [0.29, 0.717) is 34.7 Å². The lowest BCUT2D eigenvalue weighted by Gasteiger charge is -2.42. The molecule has 2 aliphatic heterocycles. The van der Waals surface area contributed by atoms with Crippen molar-refractivity contribution in [3.63, 3.8) is 0 Å². The molecule has 2 aliphatic rings. The van der Waals surface area contributed by atoms with E-state index >= 15 is 0 Å². The quantitative estimate of drug-likeness (QED) is 0.784. The minimum atomic E-state index is -0.937. The Morgan fingerprint density at radius 3 is 2.90 bits per heavy atom. The van der Waals surface area contributed by atoms with Gasteiger partial charge in [0.25, 0.3) is 5.91 Å². The summed E-state index contributed by atoms with van der Waals surface area (Å²) in [5.74, 6) is 0.0749. The van der Waals surface area contributed by atoms with E-state index in [1.807, 2.05) is 6.92 Å². The van der Waals surface area contributed by atoms with E-state index in [4.69, 9.17) is 15.2 Å². The molecule has 1 fully saturated rings. The zero-order valence-electron chi connectivity index (χ0n) is 15.9. The van der Waals surface area contributed by atoms with Gasteiger partial charge in [0.2, 0.25) is 5.88 Å². The number of aliphatic imine (C=N–C) groups is 1. The minimum absolute atomic E-state index is 0.111. The number of benzene rings is 1. The minimum Gasteiger partial charge on any atom is -0.480 e. The average molecular weight is 417 g/mol. The number of amides is 1. The molecule has 3 heterocycles. The van der Waals surface area contributed by atoms with Crippen LogP contribution < -0.4 is 15.8 Å². The molecule has 4 rings (SSSR count). The van der Waals surface area contributed by atoms with E-state index in [2.05, 4.69) is 20.3 Å². The largest absolute Gasteiger partial charge is 0.480 e. The average Bonchev–Trinajstić information content (AvgIpc) is 3.06. The Morgan fingerprint density at radius 1 is 1.34 bits per heavy atom. The molecule has 29 heavy (non-hydrogen) atoms. The molecule has 0 spiro atoms. The number of amidine groups is 1. The summed E-state index contributed by atoms with van der Waals surface area (Å²) in [7, 11) is 1.46. The number of anilines is 1. The third-order valence-corrected chi connectivity index (χ3v) is 6.48. The van der Waals surface area contributed by atoms with Crippen LogP contribution in [0.3, 0.4) is 0 Å². The SMILES string of the molecule is COc1cnc(C(=O)Nc2ccc(F)c(C34COCC3(C)CSC(N)=N4)c2)cn1. The van der Waals surface area contributed by atoms with Crippen molar-refractivity contribution in [2.24, 2.45) is 16.1 Å². The molecule has 1 amide bonds. The van der Waals surface area contributed by atoms with Gasteiger partial charge in [0.1, 0.15) is 17.1 Å². The van der Waals surface area contributed by atoms with Crippen molar-refractivity contribution in [1.82, 2.24) is 9.97 Å². The number of hydrogen-bond acceptors (Lipinski definition) is 8. The van der Waals surface area contributed by atoms with Crippen LogP contribution in [0.5, 0.6) is 5.88 Å². The second kappa shape index (κ2) is 7.27. The van der Waals surface area contributed by atoms with Crippen LogP contribution >= 0.6 is 11.8 Å². The molecule has 2 unspecified atom stereocenters. The van der Waals surface area contributed by atoms with Gasteiger partial charge >= 0.3 is 0 Å². The fourth-order valence-corrected chi connectivity index (χ4v) is 4.63. The maximum absolute atomic E-state index is 14.9. The van der Waals surface area contributed by atoms with Crippen LogP contribution in [-0.2, 0) is 10.3 Å². The van der Waals surface area contributed by atoms with Crippen LogP contribution in [0.2, 0.25) is 0 Å². The molecule has 3 N–H and O–H groups in total. The van der Waals surface area contributed by atoms with Gasteiger partial charge in [0.05, 0.1) is 32.7 Å². The number of hydrogen-bond donors (Lipinski definition) is 2. The molecular formula is C19H20FN5O3S. The van der Waals surface area contributed by atoms with Crippen LogP contribution in [0.1, 0.15) is 23.0 Å². The molecule has 1 aromatic carbocycles. The van der Waals surface area contributed by atoms with E-state index in [-0.39, 0.29) is 12.3 Å². The smallest absolute Gasteiger partial charge is 0.275 e. The molecule has 2 atom stereocenters. The van der Waals surface area contributed by atoms with Crippen molar-refractivity contribution < 1.29 is 18.7 Å². The van der Waals surface area contributed by atoms with Crippen molar-refractivity contribution in [2.45, 2.75) is 12.5 Å². The van der Waals surface area contributed by atoms with Crippen LogP contribution in [0.25, 0.3) is 0 Å². The molecule has 0 bridgehead atoms. The number of nitrogens with zero attached hydrogens (tertiary/aromatic N) is 3. The Balaban J connectivity index is 1.67. The number of aromatic nitrogens is 2. The Hall–Kier alpha value is -2.72. The number of methoxy groups -OCH3 is 1. The number of fused-ring (bicyclic) bond motifs is 1. The first-order valence-electron chi connectivity index (χ1n) is 8.90. The molecule has 10 heteroatoms. The summed E-state index contributed by atoms with van der Waals surface area (Å²) in [5, 5.41) is 3.13. The number of halogens is 1. The molecular weight excluding hydrogens is 397 g/mol. The van der Waals surface area contributed by atoms with Gasteiger partial charge in [-0.2, -0.15) is 0 Å². The van der Waals surface area contributed by atoms with E-state index in [9.17, 15) is 9.18 Å². The summed E-state index contributed by atoms with van der Waals surface area (Å²) < 4.78 is 25.6. The Bertz CT molecular complexity index is 986. The zero-order chi connectivity index (χ0) is 20.6. The highest BCUT2D eigenvalue weighted by atomic mass is 32.2. The van der Waals surface area contributed by atoms with Crippen LogP contribution in [-0.4, -0.2) is 47.1 Å². The Labute approximate surface area is 171 Å². The van der Waals surface area contributed by atoms with Gasteiger partial charge < -0.3 is 20.5 Å². The molecule has 152 valence electrons. The lowest BCUT2D eigenvalue weighted by atomic mass is 9.70. The maximum Gasteiger partial charge on any atom is 0.275 e. The zero-order valence-corrected chi connectivity index (χ0v) is 16.8. The highest BCUT2D eigenvalue weighted by Crippen LogP contribution is 2.53. The molecule has 8 nitrogen and oxygen atoms in total. The summed E-state index contributed by atoms with van der Waals surface area (Å²) in [6.45, 7) is 2.69. The van der Waals surface area contributed by atoms with Gasteiger partial charge in [-0.1, -0.05) is 18.7 Å². The van der Waals surface area contributed by atoms with Gasteiger partial charge in [0.15, 0.2) is 5.17 Å². The standard InChI is InChI=1S/C19H20FN5O3S/c1-18-8-28-9-19(18,25-17(21)29-10-18)12-5-11(3-4-13(12)20)24-16(26)14-6-23-15(27-2)7-22-14/h3-7H,8-10H2,1-2H3,(H2,21,25)(H,24,26). The first kappa shape index (κ1) is 19.6. The normalized spacial score (nSPS) is 25.8. The lowest BCUT2D eigenvalue weighted by molar-refractivity contribution is 0.102. The second-order valence-corrected chi connectivity index (χ2v) is 8.24. The summed E-state index contributed by atoms with van der Waals surface area (Å²) in [5.41, 5.74) is 5.51. The summed E-state index contributed by atoms with van der Waals surface area (Å²) in [6, 6.07) is 4.39. The monoisotopic (exact) mass is 417 g/mol. The molecule has 0 radical (unpaired) electrons. The van der Waals surface area contributed by atoms with Gasteiger partial charge in [-0.3, -0.25) is 4.79 Å². The van der Waals surface area contributed by atoms with Gasteiger partial charge in [-0.15, -0.1) is 0 Å². The van der Waals surface area contributed by atoms with E-state index in [1.165, 1.54) is 43.4 Å². The number of nitrogens with one attached hydrogen (secondary N) is 1. The van der Waals surface area contributed by atoms with E-state index in [0.717, 1.165) is 0 Å². The maximum atomic E-state index is 14.9. The molecule has 0 aliphatic carbocycles. The van der Waals surface area contributed by atoms with Crippen LogP contribution in [0.15, 0.2) is 35.6 Å². The molecule has 0 saturated carbocycles. The second-order valence-electron chi connectivity index (χ2n) is 7.25. The number of rotatable bonds is 4. The summed E-state index contributed by atoms with van der Waals surface area (Å²) >= 11 is 1.44. The Kier molecular flexibility index (Phi) is 4.91. The van der Waals surface area contributed by atoms with Crippen LogP contribution in [0, 0.1) is 11.2 Å². The summed E-state index contributed by atoms with van der Waals surface area (Å²) in [4.78, 5) is 25.1. The number of ether oxygens (including phenoxy) is 2. The third-order valence-electron chi connectivity index (χ3n) is 5.31. The van der Waals surface area contributed by atoms with Crippen molar-refractivity contribution in [3.8, 4) is 5.88 Å². The number of nitrogens with two attached hydrogens (primary N) is 1. The fraction of sp³-hybridized carbons (Fsp3) is 0.368. The number of thioether (sulfide) groups is 1.